The van der Waals surface area contributed by atoms with E-state index in [1.165, 1.54) is 5.57 Å². The molecule has 0 rings (SSSR count). The summed E-state index contributed by atoms with van der Waals surface area (Å²) in [5.74, 6) is 0. The first kappa shape index (κ1) is 11.2. The standard InChI is InChI=1S/C11H18O/c1-5-7-11(6-2)8-9-12-10(3)4/h5-7,10H,1-2,8-9H2,3-4H3/b11-7+. The molecule has 0 radical (unpaired) electrons. The minimum atomic E-state index is 0.305. The highest BCUT2D eigenvalue weighted by Gasteiger charge is 1.94. The summed E-state index contributed by atoms with van der Waals surface area (Å²) in [6, 6.07) is 0. The van der Waals surface area contributed by atoms with E-state index in [9.17, 15) is 0 Å². The van der Waals surface area contributed by atoms with Gasteiger partial charge in [-0.3, -0.25) is 0 Å². The van der Waals surface area contributed by atoms with Crippen LogP contribution in [0.15, 0.2) is 37.0 Å². The van der Waals surface area contributed by atoms with Crippen molar-refractivity contribution in [1.29, 1.82) is 0 Å². The Morgan fingerprint density at radius 1 is 1.42 bits per heavy atom. The highest BCUT2D eigenvalue weighted by atomic mass is 16.5. The van der Waals surface area contributed by atoms with Crippen LogP contribution in [0.1, 0.15) is 20.3 Å². The first-order valence-electron chi connectivity index (χ1n) is 4.26. The Kier molecular flexibility index (Phi) is 6.39. The van der Waals surface area contributed by atoms with Crippen molar-refractivity contribution in [3.05, 3.63) is 37.0 Å². The molecule has 0 saturated heterocycles. The molecule has 1 heteroatoms. The van der Waals surface area contributed by atoms with Gasteiger partial charge < -0.3 is 4.74 Å². The van der Waals surface area contributed by atoms with E-state index in [0.29, 0.717) is 6.10 Å². The predicted octanol–water partition coefficient (Wildman–Crippen LogP) is 3.10. The van der Waals surface area contributed by atoms with Gasteiger partial charge >= 0.3 is 0 Å². The topological polar surface area (TPSA) is 9.23 Å². The number of rotatable bonds is 6. The normalized spacial score (nSPS) is 11.8. The molecular weight excluding hydrogens is 148 g/mol. The predicted molar refractivity (Wildman–Crippen MR) is 54.2 cm³/mol. The van der Waals surface area contributed by atoms with Crippen LogP contribution in [0.4, 0.5) is 0 Å². The van der Waals surface area contributed by atoms with E-state index in [4.69, 9.17) is 4.74 Å². The fourth-order valence-electron chi connectivity index (χ4n) is 0.817. The highest BCUT2D eigenvalue weighted by Crippen LogP contribution is 2.03. The molecule has 0 amide bonds. The highest BCUT2D eigenvalue weighted by molar-refractivity contribution is 5.20. The molecule has 1 nitrogen and oxygen atoms in total. The van der Waals surface area contributed by atoms with Crippen molar-refractivity contribution >= 4 is 0 Å². The maximum absolute atomic E-state index is 5.40. The van der Waals surface area contributed by atoms with Crippen LogP contribution in [0.25, 0.3) is 0 Å². The molecule has 0 aliphatic carbocycles. The molecule has 0 bridgehead atoms. The second-order valence-corrected chi connectivity index (χ2v) is 2.85. The zero-order valence-corrected chi connectivity index (χ0v) is 8.05. The fourth-order valence-corrected chi connectivity index (χ4v) is 0.817. The van der Waals surface area contributed by atoms with Gasteiger partial charge in [-0.15, -0.1) is 0 Å². The summed E-state index contributed by atoms with van der Waals surface area (Å²) >= 11 is 0. The molecule has 68 valence electrons. The third-order valence-corrected chi connectivity index (χ3v) is 1.44. The Bertz CT molecular complexity index is 166. The molecule has 0 fully saturated rings. The second kappa shape index (κ2) is 6.86. The van der Waals surface area contributed by atoms with Crippen LogP contribution in [0.2, 0.25) is 0 Å². The molecular formula is C11H18O. The summed E-state index contributed by atoms with van der Waals surface area (Å²) in [4.78, 5) is 0. The van der Waals surface area contributed by atoms with Crippen LogP contribution in [0, 0.1) is 0 Å². The Labute approximate surface area is 75.4 Å². The van der Waals surface area contributed by atoms with Gasteiger partial charge in [-0.2, -0.15) is 0 Å². The summed E-state index contributed by atoms with van der Waals surface area (Å²) in [6.45, 7) is 12.2. The lowest BCUT2D eigenvalue weighted by Gasteiger charge is -2.06. The van der Waals surface area contributed by atoms with Crippen molar-refractivity contribution in [2.75, 3.05) is 6.61 Å². The third-order valence-electron chi connectivity index (χ3n) is 1.44. The SMILES string of the molecule is C=C/C=C(\C=C)CCOC(C)C. The van der Waals surface area contributed by atoms with Gasteiger partial charge in [0.15, 0.2) is 0 Å². The monoisotopic (exact) mass is 166 g/mol. The number of hydrogen-bond acceptors (Lipinski definition) is 1. The lowest BCUT2D eigenvalue weighted by molar-refractivity contribution is 0.0817. The summed E-state index contributed by atoms with van der Waals surface area (Å²) in [5.41, 5.74) is 1.17. The van der Waals surface area contributed by atoms with Gasteiger partial charge in [-0.05, 0) is 25.8 Å². The van der Waals surface area contributed by atoms with Gasteiger partial charge in [-0.1, -0.05) is 31.4 Å². The minimum absolute atomic E-state index is 0.305. The minimum Gasteiger partial charge on any atom is -0.378 e. The van der Waals surface area contributed by atoms with E-state index >= 15 is 0 Å². The van der Waals surface area contributed by atoms with Crippen molar-refractivity contribution < 1.29 is 4.74 Å². The van der Waals surface area contributed by atoms with E-state index in [0.717, 1.165) is 13.0 Å². The molecule has 0 N–H and O–H groups in total. The van der Waals surface area contributed by atoms with Gasteiger partial charge in [0.05, 0.1) is 12.7 Å². The van der Waals surface area contributed by atoms with Crippen molar-refractivity contribution in [2.24, 2.45) is 0 Å². The van der Waals surface area contributed by atoms with Crippen LogP contribution in [0.5, 0.6) is 0 Å². The Morgan fingerprint density at radius 2 is 2.08 bits per heavy atom. The van der Waals surface area contributed by atoms with Crippen molar-refractivity contribution in [3.8, 4) is 0 Å². The first-order chi connectivity index (χ1) is 5.70. The number of hydrogen-bond donors (Lipinski definition) is 0. The summed E-state index contributed by atoms with van der Waals surface area (Å²) in [5, 5.41) is 0. The van der Waals surface area contributed by atoms with Crippen LogP contribution >= 0.6 is 0 Å². The van der Waals surface area contributed by atoms with Gasteiger partial charge in [0.1, 0.15) is 0 Å². The fraction of sp³-hybridized carbons (Fsp3) is 0.455. The molecule has 0 aliphatic heterocycles. The summed E-state index contributed by atoms with van der Waals surface area (Å²) < 4.78 is 5.40. The Hall–Kier alpha value is -0.820. The molecule has 0 aromatic rings. The maximum atomic E-state index is 5.40. The number of allylic oxidation sites excluding steroid dienone is 3. The molecule has 0 atom stereocenters. The molecule has 0 spiro atoms. The zero-order valence-electron chi connectivity index (χ0n) is 8.05. The summed E-state index contributed by atoms with van der Waals surface area (Å²) in [6.07, 6.45) is 6.78. The summed E-state index contributed by atoms with van der Waals surface area (Å²) in [7, 11) is 0. The van der Waals surface area contributed by atoms with E-state index < -0.39 is 0 Å². The van der Waals surface area contributed by atoms with Crippen molar-refractivity contribution in [1.82, 2.24) is 0 Å². The smallest absolute Gasteiger partial charge is 0.0519 e. The van der Waals surface area contributed by atoms with Gasteiger partial charge in [0.2, 0.25) is 0 Å². The Morgan fingerprint density at radius 3 is 2.50 bits per heavy atom. The molecule has 0 unspecified atom stereocenters. The molecule has 0 aromatic carbocycles. The largest absolute Gasteiger partial charge is 0.378 e. The van der Waals surface area contributed by atoms with Crippen LogP contribution < -0.4 is 0 Å². The molecule has 0 heterocycles. The lowest BCUT2D eigenvalue weighted by Crippen LogP contribution is -2.03. The van der Waals surface area contributed by atoms with Crippen LogP contribution in [0.3, 0.4) is 0 Å². The number of ether oxygens (including phenoxy) is 1. The van der Waals surface area contributed by atoms with E-state index in [-0.39, 0.29) is 0 Å². The lowest BCUT2D eigenvalue weighted by atomic mass is 10.2. The molecule has 12 heavy (non-hydrogen) atoms. The third kappa shape index (κ3) is 5.93. The van der Waals surface area contributed by atoms with Crippen LogP contribution in [-0.4, -0.2) is 12.7 Å². The van der Waals surface area contributed by atoms with E-state index in [2.05, 4.69) is 13.2 Å². The van der Waals surface area contributed by atoms with E-state index in [1.54, 1.807) is 6.08 Å². The van der Waals surface area contributed by atoms with Crippen molar-refractivity contribution in [2.45, 2.75) is 26.4 Å². The van der Waals surface area contributed by atoms with Gasteiger partial charge in [-0.25, -0.2) is 0 Å². The Balaban J connectivity index is 3.66. The first-order valence-corrected chi connectivity index (χ1v) is 4.26. The average Bonchev–Trinajstić information content (AvgIpc) is 2.02. The van der Waals surface area contributed by atoms with Gasteiger partial charge in [0, 0.05) is 0 Å². The zero-order chi connectivity index (χ0) is 9.40. The van der Waals surface area contributed by atoms with Crippen LogP contribution in [-0.2, 0) is 4.74 Å². The quantitative estimate of drug-likeness (QED) is 0.551. The average molecular weight is 166 g/mol. The molecule has 0 aliphatic rings. The second-order valence-electron chi connectivity index (χ2n) is 2.85. The van der Waals surface area contributed by atoms with Crippen molar-refractivity contribution in [3.63, 3.8) is 0 Å². The van der Waals surface area contributed by atoms with E-state index in [1.807, 2.05) is 26.0 Å². The molecule has 0 aromatic heterocycles. The maximum Gasteiger partial charge on any atom is 0.0519 e. The van der Waals surface area contributed by atoms with Gasteiger partial charge in [0.25, 0.3) is 0 Å². The molecule has 0 saturated carbocycles.